The summed E-state index contributed by atoms with van der Waals surface area (Å²) in [6, 6.07) is 4.77. The van der Waals surface area contributed by atoms with E-state index in [-0.39, 0.29) is 12.2 Å². The fourth-order valence-corrected chi connectivity index (χ4v) is 1.36. The average Bonchev–Trinajstić information content (AvgIpc) is 2.28. The fourth-order valence-electron chi connectivity index (χ4n) is 1.36. The highest BCUT2D eigenvalue weighted by atomic mass is 19.4. The van der Waals surface area contributed by atoms with Crippen LogP contribution in [0.5, 0.6) is 0 Å². The van der Waals surface area contributed by atoms with Gasteiger partial charge in [-0.1, -0.05) is 12.1 Å². The molecule has 1 rings (SSSR count). The number of esters is 1. The van der Waals surface area contributed by atoms with E-state index < -0.39 is 17.7 Å². The Bertz CT molecular complexity index is 462. The van der Waals surface area contributed by atoms with Gasteiger partial charge in [-0.3, -0.25) is 0 Å². The lowest BCUT2D eigenvalue weighted by atomic mass is 10.1. The number of carbonyl (C=O) groups is 1. The first-order valence-corrected chi connectivity index (χ1v) is 5.37. The van der Waals surface area contributed by atoms with E-state index in [9.17, 15) is 18.0 Å². The monoisotopic (exact) mass is 258 g/mol. The second-order valence-corrected chi connectivity index (χ2v) is 3.67. The van der Waals surface area contributed by atoms with Crippen molar-refractivity contribution in [1.29, 1.82) is 0 Å². The Morgan fingerprint density at radius 2 is 2.06 bits per heavy atom. The third-order valence-electron chi connectivity index (χ3n) is 2.19. The van der Waals surface area contributed by atoms with Gasteiger partial charge in [0.2, 0.25) is 0 Å². The van der Waals surface area contributed by atoms with Gasteiger partial charge in [0, 0.05) is 5.57 Å². The van der Waals surface area contributed by atoms with Gasteiger partial charge in [0.25, 0.3) is 0 Å². The van der Waals surface area contributed by atoms with Crippen LogP contribution in [0.2, 0.25) is 0 Å². The summed E-state index contributed by atoms with van der Waals surface area (Å²) in [5, 5.41) is 0. The van der Waals surface area contributed by atoms with Gasteiger partial charge < -0.3 is 4.74 Å². The second-order valence-electron chi connectivity index (χ2n) is 3.67. The number of rotatable bonds is 3. The van der Waals surface area contributed by atoms with Crippen molar-refractivity contribution in [3.63, 3.8) is 0 Å². The molecule has 98 valence electrons. The molecule has 0 aromatic heterocycles. The van der Waals surface area contributed by atoms with Gasteiger partial charge in [-0.15, -0.1) is 0 Å². The molecule has 0 bridgehead atoms. The summed E-state index contributed by atoms with van der Waals surface area (Å²) < 4.78 is 42.2. The molecule has 0 aliphatic carbocycles. The number of carbonyl (C=O) groups excluding carboxylic acids is 1. The number of benzene rings is 1. The Kier molecular flexibility index (Phi) is 4.53. The smallest absolute Gasteiger partial charge is 0.416 e. The van der Waals surface area contributed by atoms with Crippen molar-refractivity contribution in [2.24, 2.45) is 0 Å². The van der Waals surface area contributed by atoms with Crippen molar-refractivity contribution in [3.05, 3.63) is 41.0 Å². The lowest BCUT2D eigenvalue weighted by Gasteiger charge is -2.07. The predicted octanol–water partition coefficient (Wildman–Crippen LogP) is 3.67. The van der Waals surface area contributed by atoms with Crippen LogP contribution in [0.25, 0.3) is 6.08 Å². The minimum Gasteiger partial charge on any atom is -0.463 e. The van der Waals surface area contributed by atoms with E-state index in [4.69, 9.17) is 4.74 Å². The van der Waals surface area contributed by atoms with E-state index in [1.807, 2.05) is 0 Å². The SMILES string of the molecule is CCOC(=O)/C(C)=C/c1cccc(C(F)(F)F)c1. The van der Waals surface area contributed by atoms with Crippen molar-refractivity contribution in [2.45, 2.75) is 20.0 Å². The predicted molar refractivity (Wildman–Crippen MR) is 61.7 cm³/mol. The lowest BCUT2D eigenvalue weighted by Crippen LogP contribution is -2.06. The molecule has 0 aliphatic rings. The molecular weight excluding hydrogens is 245 g/mol. The number of hydrogen-bond donors (Lipinski definition) is 0. The van der Waals surface area contributed by atoms with Crippen LogP contribution in [0.3, 0.4) is 0 Å². The molecule has 0 aliphatic heterocycles. The van der Waals surface area contributed by atoms with Gasteiger partial charge in [-0.25, -0.2) is 4.79 Å². The van der Waals surface area contributed by atoms with Gasteiger partial charge >= 0.3 is 12.1 Å². The van der Waals surface area contributed by atoms with Crippen LogP contribution in [0.4, 0.5) is 13.2 Å². The molecule has 0 radical (unpaired) electrons. The zero-order valence-electron chi connectivity index (χ0n) is 10.0. The zero-order valence-corrected chi connectivity index (χ0v) is 10.0. The molecule has 0 saturated heterocycles. The van der Waals surface area contributed by atoms with E-state index in [0.717, 1.165) is 12.1 Å². The topological polar surface area (TPSA) is 26.3 Å². The minimum atomic E-state index is -4.39. The lowest BCUT2D eigenvalue weighted by molar-refractivity contribution is -0.138. The summed E-state index contributed by atoms with van der Waals surface area (Å²) in [4.78, 5) is 11.3. The molecule has 0 saturated carbocycles. The number of alkyl halides is 3. The number of ether oxygens (including phenoxy) is 1. The van der Waals surface area contributed by atoms with E-state index in [2.05, 4.69) is 0 Å². The highest BCUT2D eigenvalue weighted by Gasteiger charge is 2.30. The van der Waals surface area contributed by atoms with Gasteiger partial charge in [-0.2, -0.15) is 13.2 Å². The summed E-state index contributed by atoms with van der Waals surface area (Å²) >= 11 is 0. The van der Waals surface area contributed by atoms with Gasteiger partial charge in [0.05, 0.1) is 12.2 Å². The molecule has 5 heteroatoms. The minimum absolute atomic E-state index is 0.229. The number of halogens is 3. The summed E-state index contributed by atoms with van der Waals surface area (Å²) in [6.07, 6.45) is -3.02. The first kappa shape index (κ1) is 14.3. The normalized spacial score (nSPS) is 12.4. The van der Waals surface area contributed by atoms with E-state index in [1.165, 1.54) is 25.1 Å². The van der Waals surface area contributed by atoms with Crippen molar-refractivity contribution in [1.82, 2.24) is 0 Å². The first-order chi connectivity index (χ1) is 8.34. The maximum absolute atomic E-state index is 12.5. The van der Waals surface area contributed by atoms with Crippen LogP contribution >= 0.6 is 0 Å². The van der Waals surface area contributed by atoms with Crippen LogP contribution in [0.15, 0.2) is 29.8 Å². The quantitative estimate of drug-likeness (QED) is 0.610. The largest absolute Gasteiger partial charge is 0.463 e. The molecule has 1 aromatic rings. The van der Waals surface area contributed by atoms with Crippen molar-refractivity contribution < 1.29 is 22.7 Å². The molecule has 0 fully saturated rings. The van der Waals surface area contributed by atoms with E-state index in [0.29, 0.717) is 5.56 Å². The summed E-state index contributed by atoms with van der Waals surface area (Å²) in [5.41, 5.74) is -0.167. The standard InChI is InChI=1S/C13H13F3O2/c1-3-18-12(17)9(2)7-10-5-4-6-11(8-10)13(14,15)16/h4-8H,3H2,1-2H3/b9-7+. The maximum Gasteiger partial charge on any atom is 0.416 e. The van der Waals surface area contributed by atoms with Gasteiger partial charge in [0.15, 0.2) is 0 Å². The Morgan fingerprint density at radius 1 is 1.39 bits per heavy atom. The number of hydrogen-bond acceptors (Lipinski definition) is 2. The molecule has 2 nitrogen and oxygen atoms in total. The molecule has 0 heterocycles. The van der Waals surface area contributed by atoms with Crippen LogP contribution in [-0.4, -0.2) is 12.6 Å². The highest BCUT2D eigenvalue weighted by molar-refractivity contribution is 5.92. The molecule has 0 atom stereocenters. The van der Waals surface area contributed by atoms with E-state index >= 15 is 0 Å². The molecule has 1 aromatic carbocycles. The molecule has 0 spiro atoms. The second kappa shape index (κ2) is 5.71. The molecule has 18 heavy (non-hydrogen) atoms. The molecular formula is C13H13F3O2. The van der Waals surface area contributed by atoms with Gasteiger partial charge in [0.1, 0.15) is 0 Å². The van der Waals surface area contributed by atoms with Crippen LogP contribution in [0, 0.1) is 0 Å². The Morgan fingerprint density at radius 3 is 2.61 bits per heavy atom. The van der Waals surface area contributed by atoms with Crippen molar-refractivity contribution in [2.75, 3.05) is 6.61 Å². The van der Waals surface area contributed by atoms with Crippen molar-refractivity contribution >= 4 is 12.0 Å². The van der Waals surface area contributed by atoms with Gasteiger partial charge in [-0.05, 0) is 37.6 Å². The Balaban J connectivity index is 2.98. The zero-order chi connectivity index (χ0) is 13.8. The maximum atomic E-state index is 12.5. The third kappa shape index (κ3) is 3.91. The summed E-state index contributed by atoms with van der Waals surface area (Å²) in [5.74, 6) is -0.532. The molecule has 0 N–H and O–H groups in total. The van der Waals surface area contributed by atoms with Crippen LogP contribution in [-0.2, 0) is 15.7 Å². The Labute approximate surface area is 103 Å². The third-order valence-corrected chi connectivity index (χ3v) is 2.19. The molecule has 0 amide bonds. The molecule has 0 unspecified atom stereocenters. The highest BCUT2D eigenvalue weighted by Crippen LogP contribution is 2.29. The summed E-state index contributed by atoms with van der Waals surface area (Å²) in [7, 11) is 0. The van der Waals surface area contributed by atoms with E-state index in [1.54, 1.807) is 6.92 Å². The van der Waals surface area contributed by atoms with Crippen molar-refractivity contribution in [3.8, 4) is 0 Å². The van der Waals surface area contributed by atoms with Crippen LogP contribution in [0.1, 0.15) is 25.0 Å². The first-order valence-electron chi connectivity index (χ1n) is 5.37. The summed E-state index contributed by atoms with van der Waals surface area (Å²) in [6.45, 7) is 3.39. The average molecular weight is 258 g/mol. The Hall–Kier alpha value is -1.78. The fraction of sp³-hybridized carbons (Fsp3) is 0.308. The van der Waals surface area contributed by atoms with Crippen LogP contribution < -0.4 is 0 Å².